The molecule has 1 aliphatic heterocycles. The average molecular weight is 1150 g/mol. The maximum absolute atomic E-state index is 13.2. The molecule has 2 aromatic heterocycles. The molecule has 1 saturated heterocycles. The molecule has 0 bridgehead atoms. The zero-order valence-corrected chi connectivity index (χ0v) is 50.2. The number of anilines is 1. The number of rotatable bonds is 33. The predicted molar refractivity (Wildman–Crippen MR) is 324 cm³/mol. The van der Waals surface area contributed by atoms with Crippen molar-refractivity contribution >= 4 is 56.6 Å². The SMILES string of the molecule is CN(CCCNc1nc(CN(C)C2CCC(C(C)(C)C)CC2)nc2ccccc12)CCOCCOCCOCCOCCn1cc(CCCC(=O)N2CCN(CC(OCc3ccc4ccccc4c3)c3ccc(Cl)cc3Cl)CC2)nn1. The molecule has 1 N–H and O–H groups in total. The molecule has 3 heterocycles. The normalized spacial score (nSPS) is 16.8. The number of halogens is 2. The number of hydrogen-bond donors (Lipinski definition) is 1. The number of aromatic nitrogens is 5. The lowest BCUT2D eigenvalue weighted by Gasteiger charge is -2.39. The standard InChI is InChI=1S/C63H88Cl2N10O6/c1-63(2,3)51-20-23-54(24-21-51)72(5)46-60-67-58-16-9-8-15-56(58)62(68-60)66-26-11-27-71(4)32-34-77-36-38-79-40-41-80-39-37-78-35-33-75-44-53(69-70-75)14-10-17-61(76)74-30-28-73(29-31-74)45-59(55-25-22-52(64)43-57(55)65)81-47-48-18-19-49-12-6-7-13-50(49)42-48/h6-9,12-13,15-16,18-19,22,25,42-44,51,54,59H,10-11,14,17,20-21,23-24,26-41,45-47H2,1-5H3,(H,66,67,68). The number of hydrogen-bond acceptors (Lipinski definition) is 14. The van der Waals surface area contributed by atoms with Gasteiger partial charge in [0.1, 0.15) is 11.6 Å². The summed E-state index contributed by atoms with van der Waals surface area (Å²) in [5, 5.41) is 16.8. The molecule has 2 aliphatic rings. The molecule has 1 unspecified atom stereocenters. The summed E-state index contributed by atoms with van der Waals surface area (Å²) in [4.78, 5) is 32.3. The first-order chi connectivity index (χ1) is 39.3. The molecule has 81 heavy (non-hydrogen) atoms. The Balaban J connectivity index is 0.603. The Morgan fingerprint density at radius 3 is 2.21 bits per heavy atom. The highest BCUT2D eigenvalue weighted by Crippen LogP contribution is 2.39. The van der Waals surface area contributed by atoms with E-state index in [1.54, 1.807) is 10.7 Å². The van der Waals surface area contributed by atoms with Crippen LogP contribution in [0.25, 0.3) is 21.7 Å². The fourth-order valence-electron chi connectivity index (χ4n) is 11.0. The van der Waals surface area contributed by atoms with Crippen molar-refractivity contribution in [1.29, 1.82) is 0 Å². The van der Waals surface area contributed by atoms with E-state index in [4.69, 9.17) is 56.9 Å². The predicted octanol–water partition coefficient (Wildman–Crippen LogP) is 10.6. The number of carbonyl (C=O) groups is 1. The minimum atomic E-state index is -0.262. The second-order valence-corrected chi connectivity index (χ2v) is 23.8. The van der Waals surface area contributed by atoms with E-state index in [-0.39, 0.29) is 12.0 Å². The number of likely N-dealkylation sites (N-methyl/N-ethyl adjacent to an activating group) is 1. The van der Waals surface area contributed by atoms with Crippen LogP contribution in [0.4, 0.5) is 5.82 Å². The first kappa shape index (κ1) is 62.2. The van der Waals surface area contributed by atoms with Crippen molar-refractivity contribution in [3.8, 4) is 0 Å². The number of carbonyl (C=O) groups excluding carboxylic acids is 1. The van der Waals surface area contributed by atoms with Gasteiger partial charge in [-0.2, -0.15) is 0 Å². The van der Waals surface area contributed by atoms with Crippen LogP contribution in [-0.4, -0.2) is 176 Å². The van der Waals surface area contributed by atoms with Gasteiger partial charge in [0.25, 0.3) is 0 Å². The van der Waals surface area contributed by atoms with E-state index in [0.29, 0.717) is 126 Å². The Labute approximate surface area is 491 Å². The van der Waals surface area contributed by atoms with Gasteiger partial charge in [-0.1, -0.05) is 104 Å². The van der Waals surface area contributed by atoms with Gasteiger partial charge >= 0.3 is 0 Å². The van der Waals surface area contributed by atoms with Crippen LogP contribution in [0.5, 0.6) is 0 Å². The molecule has 0 spiro atoms. The summed E-state index contributed by atoms with van der Waals surface area (Å²) >= 11 is 13.0. The van der Waals surface area contributed by atoms with E-state index in [1.807, 2.05) is 35.4 Å². The van der Waals surface area contributed by atoms with Gasteiger partial charge in [-0.05, 0) is 124 Å². The topological polar surface area (TPSA) is 145 Å². The van der Waals surface area contributed by atoms with Crippen molar-refractivity contribution in [2.24, 2.45) is 11.3 Å². The van der Waals surface area contributed by atoms with E-state index in [2.05, 4.69) is 120 Å². The number of fused-ring (bicyclic) bond motifs is 2. The first-order valence-corrected chi connectivity index (χ1v) is 30.2. The van der Waals surface area contributed by atoms with Crippen LogP contribution < -0.4 is 5.32 Å². The molecular weight excluding hydrogens is 1060 g/mol. The smallest absolute Gasteiger partial charge is 0.222 e. The number of piperazine rings is 1. The van der Waals surface area contributed by atoms with Crippen molar-refractivity contribution < 1.29 is 28.5 Å². The molecule has 440 valence electrons. The van der Waals surface area contributed by atoms with E-state index in [9.17, 15) is 4.79 Å². The van der Waals surface area contributed by atoms with Gasteiger partial charge in [0, 0.05) is 85.5 Å². The lowest BCUT2D eigenvalue weighted by molar-refractivity contribution is -0.133. The van der Waals surface area contributed by atoms with Crippen molar-refractivity contribution in [2.45, 2.75) is 104 Å². The molecule has 2 fully saturated rings. The Morgan fingerprint density at radius 2 is 1.47 bits per heavy atom. The largest absolute Gasteiger partial charge is 0.378 e. The maximum atomic E-state index is 13.2. The van der Waals surface area contributed by atoms with Crippen LogP contribution in [0.3, 0.4) is 0 Å². The molecule has 1 saturated carbocycles. The average Bonchev–Trinajstić information content (AvgIpc) is 3.93. The van der Waals surface area contributed by atoms with Gasteiger partial charge < -0.3 is 38.8 Å². The molecule has 0 radical (unpaired) electrons. The summed E-state index contributed by atoms with van der Waals surface area (Å²) in [5.74, 6) is 2.77. The highest BCUT2D eigenvalue weighted by molar-refractivity contribution is 6.35. The highest BCUT2D eigenvalue weighted by atomic mass is 35.5. The second-order valence-electron chi connectivity index (χ2n) is 23.0. The number of aryl methyl sites for hydroxylation is 1. The van der Waals surface area contributed by atoms with Gasteiger partial charge in [0.15, 0.2) is 0 Å². The number of nitrogens with zero attached hydrogens (tertiary/aromatic N) is 9. The molecule has 16 nitrogen and oxygen atoms in total. The van der Waals surface area contributed by atoms with Crippen LogP contribution in [0.15, 0.2) is 91.1 Å². The summed E-state index contributed by atoms with van der Waals surface area (Å²) in [6, 6.07) is 29.2. The van der Waals surface area contributed by atoms with Gasteiger partial charge in [0.05, 0.1) is 89.9 Å². The second kappa shape index (κ2) is 32.3. The molecule has 4 aromatic carbocycles. The Kier molecular flexibility index (Phi) is 24.8. The van der Waals surface area contributed by atoms with E-state index in [0.717, 1.165) is 91.0 Å². The molecule has 1 amide bonds. The minimum absolute atomic E-state index is 0.166. The van der Waals surface area contributed by atoms with Crippen molar-refractivity contribution in [3.05, 3.63) is 124 Å². The van der Waals surface area contributed by atoms with Gasteiger partial charge in [0.2, 0.25) is 5.91 Å². The van der Waals surface area contributed by atoms with E-state index in [1.165, 1.54) is 36.5 Å². The Bertz CT molecular complexity index is 2840. The molecule has 8 rings (SSSR count). The summed E-state index contributed by atoms with van der Waals surface area (Å²) in [6.45, 7) is 19.3. The van der Waals surface area contributed by atoms with Crippen LogP contribution >= 0.6 is 23.2 Å². The number of ether oxygens (including phenoxy) is 5. The zero-order valence-electron chi connectivity index (χ0n) is 48.7. The molecule has 6 aromatic rings. The van der Waals surface area contributed by atoms with Gasteiger partial charge in [-0.25, -0.2) is 14.6 Å². The highest BCUT2D eigenvalue weighted by Gasteiger charge is 2.32. The molecule has 1 aliphatic carbocycles. The van der Waals surface area contributed by atoms with Crippen molar-refractivity contribution in [1.82, 2.24) is 44.6 Å². The first-order valence-electron chi connectivity index (χ1n) is 29.5. The monoisotopic (exact) mass is 1150 g/mol. The Morgan fingerprint density at radius 1 is 0.765 bits per heavy atom. The minimum Gasteiger partial charge on any atom is -0.378 e. The number of nitrogens with one attached hydrogen (secondary N) is 1. The quantitative estimate of drug-likeness (QED) is 0.0390. The van der Waals surface area contributed by atoms with Crippen molar-refractivity contribution in [2.75, 3.05) is 125 Å². The molecule has 18 heteroatoms. The third kappa shape index (κ3) is 20.2. The maximum Gasteiger partial charge on any atom is 0.222 e. The third-order valence-electron chi connectivity index (χ3n) is 15.9. The Hall–Kier alpha value is -4.85. The zero-order chi connectivity index (χ0) is 56.8. The van der Waals surface area contributed by atoms with Crippen LogP contribution in [-0.2, 0) is 54.6 Å². The summed E-state index contributed by atoms with van der Waals surface area (Å²) < 4.78 is 31.4. The fourth-order valence-corrected chi connectivity index (χ4v) is 11.5. The lowest BCUT2D eigenvalue weighted by Crippen LogP contribution is -2.49. The number of amides is 1. The van der Waals surface area contributed by atoms with Gasteiger partial charge in [-0.15, -0.1) is 5.10 Å². The van der Waals surface area contributed by atoms with Crippen LogP contribution in [0.2, 0.25) is 10.0 Å². The van der Waals surface area contributed by atoms with Crippen molar-refractivity contribution in [3.63, 3.8) is 0 Å². The van der Waals surface area contributed by atoms with E-state index < -0.39 is 0 Å². The molecule has 1 atom stereocenters. The lowest BCUT2D eigenvalue weighted by atomic mass is 9.71. The summed E-state index contributed by atoms with van der Waals surface area (Å²) in [7, 11) is 4.37. The van der Waals surface area contributed by atoms with E-state index >= 15 is 0 Å². The summed E-state index contributed by atoms with van der Waals surface area (Å²) in [6.07, 6.45) is 9.60. The van der Waals surface area contributed by atoms with Crippen LogP contribution in [0.1, 0.15) is 94.5 Å². The summed E-state index contributed by atoms with van der Waals surface area (Å²) in [5.41, 5.74) is 4.25. The van der Waals surface area contributed by atoms with Gasteiger partial charge in [-0.3, -0.25) is 14.6 Å². The number of benzene rings is 4. The third-order valence-corrected chi connectivity index (χ3v) is 16.5. The fraction of sp³-hybridized carbons (Fsp3) is 0.571. The molecular formula is C63H88Cl2N10O6. The van der Waals surface area contributed by atoms with Crippen LogP contribution in [0, 0.1) is 11.3 Å². The number of para-hydroxylation sites is 1.